The normalized spacial score (nSPS) is 17.2. The average Bonchev–Trinajstić information content (AvgIpc) is 3.09. The highest BCUT2D eigenvalue weighted by Gasteiger charge is 2.31. The summed E-state index contributed by atoms with van der Waals surface area (Å²) in [7, 11) is 0. The summed E-state index contributed by atoms with van der Waals surface area (Å²) in [5.74, 6) is 0.876. The molecule has 1 fully saturated rings. The van der Waals surface area contributed by atoms with Gasteiger partial charge in [-0.3, -0.25) is 0 Å². The molecule has 2 aliphatic heterocycles. The third-order valence-corrected chi connectivity index (χ3v) is 4.99. The average molecular weight is 352 g/mol. The molecule has 0 radical (unpaired) electrons. The Morgan fingerprint density at radius 1 is 1.27 bits per heavy atom. The fraction of sp³-hybridized carbons (Fsp3) is 0.400. The highest BCUT2D eigenvalue weighted by atomic mass is 16.5. The number of carbonyl (C=O) groups excluding carboxylic acids is 1. The molecule has 2 N–H and O–H groups in total. The molecule has 0 bridgehead atoms. The summed E-state index contributed by atoms with van der Waals surface area (Å²) in [5, 5.41) is 11.6. The van der Waals surface area contributed by atoms with Crippen LogP contribution in [0.3, 0.4) is 0 Å². The van der Waals surface area contributed by atoms with Gasteiger partial charge >= 0.3 is 5.97 Å². The number of nitrogens with one attached hydrogen (secondary N) is 2. The van der Waals surface area contributed by atoms with E-state index >= 15 is 0 Å². The second-order valence-corrected chi connectivity index (χ2v) is 6.60. The molecule has 6 nitrogen and oxygen atoms in total. The summed E-state index contributed by atoms with van der Waals surface area (Å²) < 4.78 is 7.26. The number of hydrogen-bond donors (Lipinski definition) is 2. The van der Waals surface area contributed by atoms with E-state index in [1.165, 1.54) is 5.70 Å². The van der Waals surface area contributed by atoms with E-state index in [1.807, 2.05) is 41.9 Å². The van der Waals surface area contributed by atoms with Crippen molar-refractivity contribution in [2.75, 3.05) is 31.6 Å². The number of aromatic nitrogens is 2. The molecule has 0 aliphatic carbocycles. The summed E-state index contributed by atoms with van der Waals surface area (Å²) in [6, 6.07) is 9.83. The minimum Gasteiger partial charge on any atom is -0.462 e. The van der Waals surface area contributed by atoms with Gasteiger partial charge in [0.2, 0.25) is 0 Å². The fourth-order valence-corrected chi connectivity index (χ4v) is 3.76. The molecule has 1 saturated heterocycles. The van der Waals surface area contributed by atoms with Crippen molar-refractivity contribution in [2.45, 2.75) is 19.8 Å². The molecule has 2 aromatic rings. The predicted molar refractivity (Wildman–Crippen MR) is 102 cm³/mol. The maximum Gasteiger partial charge on any atom is 0.344 e. The molecule has 0 atom stereocenters. The van der Waals surface area contributed by atoms with Crippen LogP contribution in [0.2, 0.25) is 0 Å². The van der Waals surface area contributed by atoms with E-state index in [4.69, 9.17) is 9.84 Å². The highest BCUT2D eigenvalue weighted by Crippen LogP contribution is 2.37. The number of nitrogens with zero attached hydrogens (tertiary/aromatic N) is 2. The lowest BCUT2D eigenvalue weighted by Gasteiger charge is -2.28. The van der Waals surface area contributed by atoms with E-state index in [9.17, 15) is 4.79 Å². The zero-order valence-corrected chi connectivity index (χ0v) is 15.0. The van der Waals surface area contributed by atoms with Gasteiger partial charge in [-0.2, -0.15) is 5.10 Å². The second kappa shape index (κ2) is 7.33. The molecule has 1 aromatic heterocycles. The first kappa shape index (κ1) is 16.8. The van der Waals surface area contributed by atoms with Crippen molar-refractivity contribution in [3.05, 3.63) is 42.0 Å². The Labute approximate surface area is 153 Å². The lowest BCUT2D eigenvalue weighted by atomic mass is 9.93. The zero-order valence-electron chi connectivity index (χ0n) is 15.0. The third-order valence-electron chi connectivity index (χ3n) is 4.99. The molecular weight excluding hydrogens is 328 g/mol. The van der Waals surface area contributed by atoms with Crippen molar-refractivity contribution in [1.29, 1.82) is 0 Å². The third kappa shape index (κ3) is 3.01. The van der Waals surface area contributed by atoms with E-state index in [1.54, 1.807) is 0 Å². The van der Waals surface area contributed by atoms with Gasteiger partial charge in [0.25, 0.3) is 0 Å². The first-order chi connectivity index (χ1) is 12.8. The molecule has 0 unspecified atom stereocenters. The number of anilines is 1. The molecule has 3 heterocycles. The van der Waals surface area contributed by atoms with Gasteiger partial charge in [0, 0.05) is 23.7 Å². The minimum atomic E-state index is -0.327. The van der Waals surface area contributed by atoms with Crippen molar-refractivity contribution in [3.63, 3.8) is 0 Å². The summed E-state index contributed by atoms with van der Waals surface area (Å²) in [6.07, 6.45) is 4.36. The molecule has 4 rings (SSSR count). The molecule has 0 saturated carbocycles. The molecule has 0 amide bonds. The van der Waals surface area contributed by atoms with Crippen LogP contribution < -0.4 is 10.6 Å². The molecule has 26 heavy (non-hydrogen) atoms. The van der Waals surface area contributed by atoms with Gasteiger partial charge < -0.3 is 15.4 Å². The Morgan fingerprint density at radius 2 is 2.04 bits per heavy atom. The van der Waals surface area contributed by atoms with Gasteiger partial charge in [-0.1, -0.05) is 30.3 Å². The Balaban J connectivity index is 1.82. The van der Waals surface area contributed by atoms with Crippen LogP contribution in [0.25, 0.3) is 17.0 Å². The summed E-state index contributed by atoms with van der Waals surface area (Å²) in [6.45, 7) is 4.90. The van der Waals surface area contributed by atoms with Crippen LogP contribution >= 0.6 is 0 Å². The molecule has 2 aliphatic rings. The topological polar surface area (TPSA) is 68.2 Å². The van der Waals surface area contributed by atoms with Crippen molar-refractivity contribution in [2.24, 2.45) is 5.92 Å². The van der Waals surface area contributed by atoms with Gasteiger partial charge in [-0.05, 0) is 38.9 Å². The Hall–Kier alpha value is -2.60. The zero-order chi connectivity index (χ0) is 17.9. The number of fused-ring (bicyclic) bond motifs is 1. The van der Waals surface area contributed by atoms with Gasteiger partial charge in [-0.25, -0.2) is 9.48 Å². The lowest BCUT2D eigenvalue weighted by Crippen LogP contribution is -2.31. The number of hydrogen-bond acceptors (Lipinski definition) is 5. The van der Waals surface area contributed by atoms with E-state index in [0.29, 0.717) is 30.3 Å². The fourth-order valence-electron chi connectivity index (χ4n) is 3.76. The highest BCUT2D eigenvalue weighted by molar-refractivity contribution is 6.02. The van der Waals surface area contributed by atoms with Gasteiger partial charge in [-0.15, -0.1) is 0 Å². The van der Waals surface area contributed by atoms with Crippen molar-refractivity contribution >= 4 is 17.5 Å². The predicted octanol–water partition coefficient (Wildman–Crippen LogP) is 2.99. The number of esters is 1. The number of benzene rings is 1. The largest absolute Gasteiger partial charge is 0.462 e. The molecular formula is C20H24N4O2. The first-order valence-corrected chi connectivity index (χ1v) is 9.30. The van der Waals surface area contributed by atoms with Crippen LogP contribution in [-0.4, -0.2) is 42.0 Å². The van der Waals surface area contributed by atoms with Crippen molar-refractivity contribution in [1.82, 2.24) is 15.1 Å². The van der Waals surface area contributed by atoms with Crippen LogP contribution in [0, 0.1) is 5.92 Å². The smallest absolute Gasteiger partial charge is 0.344 e. The number of ether oxygens (including phenoxy) is 1. The van der Waals surface area contributed by atoms with Gasteiger partial charge in [0.15, 0.2) is 0 Å². The Kier molecular flexibility index (Phi) is 4.75. The second-order valence-electron chi connectivity index (χ2n) is 6.60. The maximum absolute atomic E-state index is 12.7. The maximum atomic E-state index is 12.7. The first-order valence-electron chi connectivity index (χ1n) is 9.30. The molecule has 0 spiro atoms. The summed E-state index contributed by atoms with van der Waals surface area (Å²) in [5.41, 5.74) is 3.31. The van der Waals surface area contributed by atoms with E-state index < -0.39 is 0 Å². The van der Waals surface area contributed by atoms with Gasteiger partial charge in [0.1, 0.15) is 17.1 Å². The lowest BCUT2D eigenvalue weighted by molar-refractivity contribution is 0.0528. The quantitative estimate of drug-likeness (QED) is 0.828. The number of rotatable bonds is 4. The number of piperidine rings is 1. The van der Waals surface area contributed by atoms with E-state index in [0.717, 1.165) is 37.3 Å². The van der Waals surface area contributed by atoms with Crippen LogP contribution in [0.5, 0.6) is 0 Å². The van der Waals surface area contributed by atoms with Crippen molar-refractivity contribution < 1.29 is 9.53 Å². The molecule has 1 aromatic carbocycles. The standard InChI is InChI=1S/C20H24N4O2/c1-2-26-20(25)17-18(15-6-4-3-5-7-15)23-24-16(10-13-22-19(17)24)14-8-11-21-12-9-14/h3-7,10,14,21-22H,2,8-9,11-13H2,1H3. The molecule has 6 heteroatoms. The van der Waals surface area contributed by atoms with Crippen LogP contribution in [0.1, 0.15) is 30.1 Å². The number of carbonyl (C=O) groups is 1. The summed E-state index contributed by atoms with van der Waals surface area (Å²) in [4.78, 5) is 12.7. The van der Waals surface area contributed by atoms with Crippen LogP contribution in [-0.2, 0) is 4.74 Å². The minimum absolute atomic E-state index is 0.327. The SMILES string of the molecule is CCOC(=O)c1c(-c2ccccc2)nn2c1NCC=C2C1CCNCC1. The number of allylic oxidation sites excluding steroid dienone is 1. The van der Waals surface area contributed by atoms with Crippen molar-refractivity contribution in [3.8, 4) is 11.3 Å². The van der Waals surface area contributed by atoms with Crippen LogP contribution in [0.4, 0.5) is 5.82 Å². The molecule has 136 valence electrons. The van der Waals surface area contributed by atoms with E-state index in [-0.39, 0.29) is 5.97 Å². The Bertz CT molecular complexity index is 820. The Morgan fingerprint density at radius 3 is 2.77 bits per heavy atom. The summed E-state index contributed by atoms with van der Waals surface area (Å²) >= 11 is 0. The van der Waals surface area contributed by atoms with E-state index in [2.05, 4.69) is 16.7 Å². The monoisotopic (exact) mass is 352 g/mol. The van der Waals surface area contributed by atoms with Crippen LogP contribution in [0.15, 0.2) is 36.4 Å². The van der Waals surface area contributed by atoms with Gasteiger partial charge in [0.05, 0.1) is 6.61 Å².